The number of benzene rings is 3. The normalized spacial score (nSPS) is 14.1. The Morgan fingerprint density at radius 2 is 1.79 bits per heavy atom. The molecule has 1 fully saturated rings. The van der Waals surface area contributed by atoms with E-state index in [9.17, 15) is 19.3 Å². The van der Waals surface area contributed by atoms with Gasteiger partial charge in [-0.15, -0.1) is 0 Å². The van der Waals surface area contributed by atoms with Crippen LogP contribution in [0.3, 0.4) is 0 Å². The Morgan fingerprint density at radius 3 is 2.53 bits per heavy atom. The van der Waals surface area contributed by atoms with Gasteiger partial charge in [0.25, 0.3) is 5.91 Å². The van der Waals surface area contributed by atoms with Crippen molar-refractivity contribution in [2.24, 2.45) is 0 Å². The molecule has 1 amide bonds. The van der Waals surface area contributed by atoms with Crippen molar-refractivity contribution < 1.29 is 18.8 Å². The van der Waals surface area contributed by atoms with Crippen molar-refractivity contribution in [3.05, 3.63) is 105 Å². The highest BCUT2D eigenvalue weighted by Gasteiger charge is 2.23. The first-order chi connectivity index (χ1) is 16.4. The summed E-state index contributed by atoms with van der Waals surface area (Å²) in [5, 5.41) is 11.3. The summed E-state index contributed by atoms with van der Waals surface area (Å²) in [6.45, 7) is 4.87. The highest BCUT2D eigenvalue weighted by molar-refractivity contribution is 5.94. The van der Waals surface area contributed by atoms with E-state index in [0.717, 1.165) is 11.1 Å². The number of ether oxygens (including phenoxy) is 1. The number of halogens is 1. The van der Waals surface area contributed by atoms with Gasteiger partial charge in [0.2, 0.25) is 0 Å². The third-order valence-corrected chi connectivity index (χ3v) is 5.89. The molecule has 8 heteroatoms. The predicted octanol–water partition coefficient (Wildman–Crippen LogP) is 4.58. The summed E-state index contributed by atoms with van der Waals surface area (Å²) in [5.74, 6) is -0.0944. The summed E-state index contributed by atoms with van der Waals surface area (Å²) in [6, 6.07) is 18.7. The molecule has 3 aromatic carbocycles. The maximum absolute atomic E-state index is 13.9. The minimum atomic E-state index is -0.464. The highest BCUT2D eigenvalue weighted by Crippen LogP contribution is 2.28. The monoisotopic (exact) mass is 463 g/mol. The molecule has 1 saturated heterocycles. The molecule has 0 bridgehead atoms. The van der Waals surface area contributed by atoms with Crippen molar-refractivity contribution in [3.8, 4) is 5.75 Å². The molecule has 0 atom stereocenters. The van der Waals surface area contributed by atoms with Crippen LogP contribution in [0.15, 0.2) is 66.7 Å². The first kappa shape index (κ1) is 23.4. The first-order valence-electron chi connectivity index (χ1n) is 11.1. The van der Waals surface area contributed by atoms with Gasteiger partial charge in [0, 0.05) is 49.9 Å². The smallest absolute Gasteiger partial charge is 0.311 e. The Kier molecular flexibility index (Phi) is 7.18. The predicted molar refractivity (Wildman–Crippen MR) is 126 cm³/mol. The zero-order valence-corrected chi connectivity index (χ0v) is 18.9. The number of aryl methyl sites for hydroxylation is 1. The number of carbonyl (C=O) groups is 1. The number of nitrogens with zero attached hydrogens (tertiary/aromatic N) is 3. The molecular weight excluding hydrogens is 437 g/mol. The zero-order valence-electron chi connectivity index (χ0n) is 18.9. The molecule has 176 valence electrons. The van der Waals surface area contributed by atoms with Gasteiger partial charge in [-0.2, -0.15) is 0 Å². The molecule has 0 radical (unpaired) electrons. The van der Waals surface area contributed by atoms with Crippen molar-refractivity contribution in [2.75, 3.05) is 26.2 Å². The fraction of sp³-hybridized carbons (Fsp3) is 0.269. The number of hydrogen-bond acceptors (Lipinski definition) is 5. The van der Waals surface area contributed by atoms with E-state index < -0.39 is 4.92 Å². The van der Waals surface area contributed by atoms with Crippen LogP contribution in [0.25, 0.3) is 0 Å². The van der Waals surface area contributed by atoms with Gasteiger partial charge in [-0.05, 0) is 42.3 Å². The van der Waals surface area contributed by atoms with Crippen LogP contribution in [-0.4, -0.2) is 46.8 Å². The fourth-order valence-corrected chi connectivity index (χ4v) is 4.01. The summed E-state index contributed by atoms with van der Waals surface area (Å²) in [6.07, 6.45) is 0. The maximum atomic E-state index is 13.9. The summed E-state index contributed by atoms with van der Waals surface area (Å²) in [4.78, 5) is 27.8. The average Bonchev–Trinajstić information content (AvgIpc) is 2.85. The molecule has 3 aromatic rings. The molecule has 7 nitrogen and oxygen atoms in total. The van der Waals surface area contributed by atoms with E-state index in [1.54, 1.807) is 54.3 Å². The van der Waals surface area contributed by atoms with Gasteiger partial charge in [-0.1, -0.05) is 36.4 Å². The van der Waals surface area contributed by atoms with Gasteiger partial charge in [0.15, 0.2) is 5.75 Å². The SMILES string of the molecule is Cc1ccc(OCc2cccc(C(=O)N3CCN(Cc4ccccc4F)CC3)c2)c([N+](=O)[O-])c1. The topological polar surface area (TPSA) is 75.9 Å². The van der Waals surface area contributed by atoms with E-state index in [1.165, 1.54) is 12.1 Å². The lowest BCUT2D eigenvalue weighted by Crippen LogP contribution is -2.48. The lowest BCUT2D eigenvalue weighted by atomic mass is 10.1. The molecule has 0 aromatic heterocycles. The average molecular weight is 464 g/mol. The second kappa shape index (κ2) is 10.4. The Labute approximate surface area is 197 Å². The summed E-state index contributed by atoms with van der Waals surface area (Å²) in [7, 11) is 0. The van der Waals surface area contributed by atoms with Crippen LogP contribution in [0.1, 0.15) is 27.0 Å². The van der Waals surface area contributed by atoms with E-state index in [0.29, 0.717) is 43.9 Å². The molecular formula is C26H26FN3O4. The Bertz CT molecular complexity index is 1190. The molecule has 0 unspecified atom stereocenters. The van der Waals surface area contributed by atoms with Crippen LogP contribution in [0.4, 0.5) is 10.1 Å². The summed E-state index contributed by atoms with van der Waals surface area (Å²) in [5.41, 5.74) is 2.64. The van der Waals surface area contributed by atoms with Crippen LogP contribution < -0.4 is 4.74 Å². The summed E-state index contributed by atoms with van der Waals surface area (Å²) >= 11 is 0. The third-order valence-electron chi connectivity index (χ3n) is 5.89. The second-order valence-corrected chi connectivity index (χ2v) is 8.38. The van der Waals surface area contributed by atoms with Gasteiger partial charge >= 0.3 is 5.69 Å². The van der Waals surface area contributed by atoms with Gasteiger partial charge in [0.1, 0.15) is 12.4 Å². The van der Waals surface area contributed by atoms with Crippen molar-refractivity contribution >= 4 is 11.6 Å². The van der Waals surface area contributed by atoms with Crippen LogP contribution >= 0.6 is 0 Å². The first-order valence-corrected chi connectivity index (χ1v) is 11.1. The summed E-state index contributed by atoms with van der Waals surface area (Å²) < 4.78 is 19.6. The zero-order chi connectivity index (χ0) is 24.1. The molecule has 0 saturated carbocycles. The molecule has 1 heterocycles. The van der Waals surface area contributed by atoms with Crippen molar-refractivity contribution in [2.45, 2.75) is 20.1 Å². The van der Waals surface area contributed by atoms with Crippen LogP contribution in [0, 0.1) is 22.9 Å². The number of nitro groups is 1. The van der Waals surface area contributed by atoms with Crippen LogP contribution in [0.5, 0.6) is 5.75 Å². The van der Waals surface area contributed by atoms with Gasteiger partial charge in [-0.3, -0.25) is 19.8 Å². The Balaban J connectivity index is 1.35. The number of nitro benzene ring substituents is 1. The lowest BCUT2D eigenvalue weighted by Gasteiger charge is -2.35. The molecule has 1 aliphatic heterocycles. The number of hydrogen-bond donors (Lipinski definition) is 0. The highest BCUT2D eigenvalue weighted by atomic mass is 19.1. The maximum Gasteiger partial charge on any atom is 0.311 e. The molecule has 0 aliphatic carbocycles. The number of rotatable bonds is 7. The fourth-order valence-electron chi connectivity index (χ4n) is 4.01. The van der Waals surface area contributed by atoms with Gasteiger partial charge in [0.05, 0.1) is 4.92 Å². The van der Waals surface area contributed by atoms with Crippen LogP contribution in [0.2, 0.25) is 0 Å². The van der Waals surface area contributed by atoms with Gasteiger partial charge in [-0.25, -0.2) is 4.39 Å². The van der Waals surface area contributed by atoms with E-state index in [-0.39, 0.29) is 29.8 Å². The molecule has 1 aliphatic rings. The molecule has 0 N–H and O–H groups in total. The van der Waals surface area contributed by atoms with E-state index in [2.05, 4.69) is 4.90 Å². The number of piperazine rings is 1. The molecule has 34 heavy (non-hydrogen) atoms. The number of carbonyl (C=O) groups excluding carboxylic acids is 1. The third kappa shape index (κ3) is 5.58. The Morgan fingerprint density at radius 1 is 1.03 bits per heavy atom. The van der Waals surface area contributed by atoms with E-state index in [1.807, 2.05) is 12.1 Å². The van der Waals surface area contributed by atoms with E-state index >= 15 is 0 Å². The van der Waals surface area contributed by atoms with Gasteiger partial charge < -0.3 is 9.64 Å². The Hall–Kier alpha value is -3.78. The van der Waals surface area contributed by atoms with Crippen molar-refractivity contribution in [3.63, 3.8) is 0 Å². The minimum absolute atomic E-state index is 0.0753. The largest absolute Gasteiger partial charge is 0.482 e. The van der Waals surface area contributed by atoms with Crippen molar-refractivity contribution in [1.29, 1.82) is 0 Å². The van der Waals surface area contributed by atoms with Crippen molar-refractivity contribution in [1.82, 2.24) is 9.80 Å². The molecule has 0 spiro atoms. The van der Waals surface area contributed by atoms with E-state index in [4.69, 9.17) is 4.74 Å². The standard InChI is InChI=1S/C26H26FN3O4/c1-19-9-10-25(24(15-19)30(32)33)34-18-20-5-4-7-21(16-20)26(31)29-13-11-28(12-14-29)17-22-6-2-3-8-23(22)27/h2-10,15-16H,11-14,17-18H2,1H3. The quantitative estimate of drug-likeness (QED) is 0.379. The minimum Gasteiger partial charge on any atom is -0.482 e. The number of amides is 1. The second-order valence-electron chi connectivity index (χ2n) is 8.38. The van der Waals surface area contributed by atoms with Crippen LogP contribution in [-0.2, 0) is 13.2 Å². The molecule has 4 rings (SSSR count). The lowest BCUT2D eigenvalue weighted by molar-refractivity contribution is -0.386.